The largest absolute Gasteiger partial charge is 0.478 e. The highest BCUT2D eigenvalue weighted by Crippen LogP contribution is 2.28. The molecule has 92 valence electrons. The minimum atomic E-state index is -1.16. The number of anilines is 1. The molecule has 2 aromatic rings. The van der Waals surface area contributed by atoms with E-state index in [1.54, 1.807) is 13.1 Å². The Bertz CT molecular complexity index is 627. The lowest BCUT2D eigenvalue weighted by Gasteiger charge is -2.12. The summed E-state index contributed by atoms with van der Waals surface area (Å²) in [6, 6.07) is 7.30. The fourth-order valence-electron chi connectivity index (χ4n) is 1.60. The summed E-state index contributed by atoms with van der Waals surface area (Å²) < 4.78 is 5.31. The number of para-hydroxylation sites is 1. The predicted molar refractivity (Wildman–Crippen MR) is 66.4 cm³/mol. The molecule has 5 nitrogen and oxygen atoms in total. The summed E-state index contributed by atoms with van der Waals surface area (Å²) in [5.41, 5.74) is 1.28. The fourth-order valence-corrected chi connectivity index (χ4v) is 1.60. The van der Waals surface area contributed by atoms with Gasteiger partial charge in [0.1, 0.15) is 11.8 Å². The van der Waals surface area contributed by atoms with Gasteiger partial charge in [-0.25, -0.2) is 4.79 Å². The number of benzene rings is 1. The van der Waals surface area contributed by atoms with Crippen molar-refractivity contribution in [1.29, 1.82) is 0 Å². The first-order valence-electron chi connectivity index (χ1n) is 5.24. The fraction of sp³-hybridized carbons (Fsp3) is 0.0769. The Labute approximate surface area is 103 Å². The number of fused-ring (bicyclic) bond motifs is 1. The van der Waals surface area contributed by atoms with Gasteiger partial charge in [0.25, 0.3) is 5.91 Å². The highest BCUT2D eigenvalue weighted by Gasteiger charge is 2.13. The number of hydrogen-bond acceptors (Lipinski definition) is 3. The molecule has 0 fully saturated rings. The van der Waals surface area contributed by atoms with E-state index in [4.69, 9.17) is 9.52 Å². The van der Waals surface area contributed by atoms with Crippen LogP contribution in [-0.4, -0.2) is 24.0 Å². The molecule has 0 saturated heterocycles. The summed E-state index contributed by atoms with van der Waals surface area (Å²) in [6.45, 7) is 0. The van der Waals surface area contributed by atoms with Gasteiger partial charge in [0.2, 0.25) is 0 Å². The monoisotopic (exact) mass is 245 g/mol. The molecule has 2 rings (SSSR count). The van der Waals surface area contributed by atoms with E-state index < -0.39 is 11.9 Å². The average molecular weight is 245 g/mol. The first-order valence-corrected chi connectivity index (χ1v) is 5.24. The summed E-state index contributed by atoms with van der Waals surface area (Å²) in [4.78, 5) is 23.4. The first-order chi connectivity index (χ1) is 8.59. The topological polar surface area (TPSA) is 70.8 Å². The maximum Gasteiger partial charge on any atom is 0.328 e. The summed E-state index contributed by atoms with van der Waals surface area (Å²) in [7, 11) is 1.56. The quantitative estimate of drug-likeness (QED) is 0.840. The normalized spacial score (nSPS) is 10.9. The minimum Gasteiger partial charge on any atom is -0.478 e. The zero-order valence-corrected chi connectivity index (χ0v) is 9.66. The van der Waals surface area contributed by atoms with E-state index in [9.17, 15) is 9.59 Å². The molecule has 0 aliphatic carbocycles. The van der Waals surface area contributed by atoms with Crippen LogP contribution >= 0.6 is 0 Å². The number of carbonyl (C=O) groups is 2. The number of nitrogens with zero attached hydrogens (tertiary/aromatic N) is 1. The van der Waals surface area contributed by atoms with Crippen LogP contribution < -0.4 is 4.90 Å². The number of carboxylic acid groups (broad SMARTS) is 1. The number of furan rings is 1. The van der Waals surface area contributed by atoms with Gasteiger partial charge in [0.05, 0.1) is 5.69 Å². The van der Waals surface area contributed by atoms with Crippen molar-refractivity contribution in [3.8, 4) is 0 Å². The molecule has 1 amide bonds. The second-order valence-corrected chi connectivity index (χ2v) is 3.69. The number of rotatable bonds is 3. The van der Waals surface area contributed by atoms with Crippen LogP contribution in [0.4, 0.5) is 5.69 Å². The van der Waals surface area contributed by atoms with Gasteiger partial charge in [-0.3, -0.25) is 4.79 Å². The van der Waals surface area contributed by atoms with Crippen LogP contribution in [0.1, 0.15) is 0 Å². The van der Waals surface area contributed by atoms with E-state index in [-0.39, 0.29) is 0 Å². The number of carboxylic acids is 1. The second kappa shape index (κ2) is 4.75. The van der Waals surface area contributed by atoms with Gasteiger partial charge in [-0.2, -0.15) is 0 Å². The van der Waals surface area contributed by atoms with Crippen LogP contribution in [0.2, 0.25) is 0 Å². The highest BCUT2D eigenvalue weighted by molar-refractivity contribution is 6.08. The Balaban J connectivity index is 2.31. The molecular weight excluding hydrogens is 234 g/mol. The summed E-state index contributed by atoms with van der Waals surface area (Å²) in [5, 5.41) is 9.27. The minimum absolute atomic E-state index is 0.427. The number of amides is 1. The standard InChI is InChI=1S/C13H11NO4/c1-14(12(15)6-7-13(16)17)10-8-18-11-5-3-2-4-9(10)11/h2-8H,1H3,(H,16,17)/b7-6+. The first kappa shape index (κ1) is 11.9. The lowest BCUT2D eigenvalue weighted by atomic mass is 10.2. The molecule has 0 aliphatic heterocycles. The number of likely N-dealkylation sites (N-methyl/N-ethyl adjacent to an activating group) is 1. The Hall–Kier alpha value is -2.56. The molecule has 18 heavy (non-hydrogen) atoms. The summed E-state index contributed by atoms with van der Waals surface area (Å²) in [5.74, 6) is -1.59. The van der Waals surface area contributed by atoms with Crippen molar-refractivity contribution < 1.29 is 19.1 Å². The van der Waals surface area contributed by atoms with Crippen LogP contribution in [0, 0.1) is 0 Å². The van der Waals surface area contributed by atoms with Crippen molar-refractivity contribution in [1.82, 2.24) is 0 Å². The van der Waals surface area contributed by atoms with Gasteiger partial charge in [-0.1, -0.05) is 12.1 Å². The Morgan fingerprint density at radius 3 is 2.72 bits per heavy atom. The van der Waals surface area contributed by atoms with Gasteiger partial charge in [0.15, 0.2) is 0 Å². The Morgan fingerprint density at radius 2 is 2.00 bits per heavy atom. The van der Waals surface area contributed by atoms with Crippen molar-refractivity contribution in [2.24, 2.45) is 0 Å². The Kier molecular flexibility index (Phi) is 3.14. The molecule has 1 heterocycles. The third kappa shape index (κ3) is 2.24. The maximum atomic E-state index is 11.7. The van der Waals surface area contributed by atoms with E-state index >= 15 is 0 Å². The van der Waals surface area contributed by atoms with Crippen LogP contribution in [0.5, 0.6) is 0 Å². The zero-order valence-electron chi connectivity index (χ0n) is 9.66. The maximum absolute atomic E-state index is 11.7. The SMILES string of the molecule is CN(C(=O)/C=C/C(=O)O)c1coc2ccccc12. The summed E-state index contributed by atoms with van der Waals surface area (Å²) in [6.07, 6.45) is 3.28. The van der Waals surface area contributed by atoms with Gasteiger partial charge in [-0.15, -0.1) is 0 Å². The van der Waals surface area contributed by atoms with Crippen molar-refractivity contribution in [3.05, 3.63) is 42.7 Å². The van der Waals surface area contributed by atoms with Gasteiger partial charge < -0.3 is 14.4 Å². The van der Waals surface area contributed by atoms with E-state index in [1.165, 1.54) is 11.2 Å². The third-order valence-corrected chi connectivity index (χ3v) is 2.52. The third-order valence-electron chi connectivity index (χ3n) is 2.52. The molecule has 0 atom stereocenters. The van der Waals surface area contributed by atoms with E-state index in [0.717, 1.165) is 17.5 Å². The summed E-state index contributed by atoms with van der Waals surface area (Å²) >= 11 is 0. The average Bonchev–Trinajstić information content (AvgIpc) is 2.78. The van der Waals surface area contributed by atoms with Crippen LogP contribution in [-0.2, 0) is 9.59 Å². The molecule has 1 aromatic carbocycles. The molecule has 0 unspecified atom stereocenters. The van der Waals surface area contributed by atoms with Crippen LogP contribution in [0.25, 0.3) is 11.0 Å². The molecule has 0 radical (unpaired) electrons. The van der Waals surface area contributed by atoms with Crippen molar-refractivity contribution in [2.45, 2.75) is 0 Å². The van der Waals surface area contributed by atoms with Gasteiger partial charge in [0, 0.05) is 24.6 Å². The van der Waals surface area contributed by atoms with Gasteiger partial charge in [-0.05, 0) is 12.1 Å². The lowest BCUT2D eigenvalue weighted by Crippen LogP contribution is -2.23. The smallest absolute Gasteiger partial charge is 0.328 e. The van der Waals surface area contributed by atoms with Crippen molar-refractivity contribution in [3.63, 3.8) is 0 Å². The molecule has 1 N–H and O–H groups in total. The predicted octanol–water partition coefficient (Wildman–Crippen LogP) is 2.04. The number of aliphatic carboxylic acids is 1. The van der Waals surface area contributed by atoms with E-state index in [1.807, 2.05) is 18.2 Å². The molecule has 1 aromatic heterocycles. The van der Waals surface area contributed by atoms with Crippen molar-refractivity contribution >= 4 is 28.5 Å². The molecule has 0 spiro atoms. The number of carbonyl (C=O) groups excluding carboxylic acids is 1. The second-order valence-electron chi connectivity index (χ2n) is 3.69. The van der Waals surface area contributed by atoms with Crippen LogP contribution in [0.15, 0.2) is 47.1 Å². The number of hydrogen-bond donors (Lipinski definition) is 1. The van der Waals surface area contributed by atoms with Crippen molar-refractivity contribution in [2.75, 3.05) is 11.9 Å². The molecule has 0 bridgehead atoms. The molecule has 0 saturated carbocycles. The van der Waals surface area contributed by atoms with E-state index in [2.05, 4.69) is 0 Å². The molecule has 0 aliphatic rings. The molecule has 5 heteroatoms. The lowest BCUT2D eigenvalue weighted by molar-refractivity contribution is -0.131. The Morgan fingerprint density at radius 1 is 1.28 bits per heavy atom. The van der Waals surface area contributed by atoms with E-state index in [0.29, 0.717) is 11.3 Å². The van der Waals surface area contributed by atoms with Crippen LogP contribution in [0.3, 0.4) is 0 Å². The molecular formula is C13H11NO4. The zero-order chi connectivity index (χ0) is 13.1. The highest BCUT2D eigenvalue weighted by atomic mass is 16.4. The van der Waals surface area contributed by atoms with Gasteiger partial charge >= 0.3 is 5.97 Å².